The number of methoxy groups -OCH3 is 2. The van der Waals surface area contributed by atoms with Gasteiger partial charge >= 0.3 is 0 Å². The number of allylic oxidation sites excluding steroid dienone is 2. The Kier molecular flexibility index (Phi) is 5.68. The van der Waals surface area contributed by atoms with Crippen LogP contribution in [0.2, 0.25) is 0 Å². The Labute approximate surface area is 165 Å². The summed E-state index contributed by atoms with van der Waals surface area (Å²) in [4.78, 5) is 3.42. The third-order valence-corrected chi connectivity index (χ3v) is 5.26. The van der Waals surface area contributed by atoms with Crippen molar-refractivity contribution in [3.63, 3.8) is 0 Å². The number of aromatic hydroxyl groups is 1. The van der Waals surface area contributed by atoms with Crippen LogP contribution in [0, 0.1) is 6.92 Å². The Hall–Kier alpha value is -2.50. The lowest BCUT2D eigenvalue weighted by Crippen LogP contribution is -2.18. The molecule has 150 valence electrons. The lowest BCUT2D eigenvalue weighted by Gasteiger charge is -2.23. The molecule has 0 spiro atoms. The number of fused-ring (bicyclic) bond motifs is 3. The number of hydrogen-bond donors (Lipinski definition) is 3. The molecule has 0 bridgehead atoms. The second kappa shape index (κ2) is 7.86. The largest absolute Gasteiger partial charge is 0.504 e. The summed E-state index contributed by atoms with van der Waals surface area (Å²) in [5.41, 5.74) is 5.65. The molecule has 0 aliphatic heterocycles. The average molecular weight is 383 g/mol. The van der Waals surface area contributed by atoms with E-state index in [4.69, 9.17) is 9.47 Å². The second-order valence-electron chi connectivity index (χ2n) is 7.56. The molecule has 3 aromatic rings. The van der Waals surface area contributed by atoms with E-state index in [1.54, 1.807) is 14.0 Å². The molecule has 0 amide bonds. The molecule has 2 aromatic carbocycles. The van der Waals surface area contributed by atoms with Crippen LogP contribution in [0.15, 0.2) is 29.8 Å². The number of H-pyrrole nitrogens is 1. The second-order valence-corrected chi connectivity index (χ2v) is 7.56. The Morgan fingerprint density at radius 1 is 1.25 bits per heavy atom. The normalized spacial score (nSPS) is 13.7. The number of aromatic nitrogens is 1. The van der Waals surface area contributed by atoms with Gasteiger partial charge in [-0.1, -0.05) is 17.7 Å². The highest BCUT2D eigenvalue weighted by molar-refractivity contribution is 6.13. The monoisotopic (exact) mass is 383 g/mol. The fraction of sp³-hybridized carbons (Fsp3) is 0.391. The molecule has 5 heteroatoms. The summed E-state index contributed by atoms with van der Waals surface area (Å²) >= 11 is 0. The number of aromatic amines is 1. The van der Waals surface area contributed by atoms with Crippen molar-refractivity contribution in [1.29, 1.82) is 0 Å². The quantitative estimate of drug-likeness (QED) is 0.528. The molecular formula is C23H29NO4. The molecule has 1 heterocycles. The van der Waals surface area contributed by atoms with Crippen molar-refractivity contribution in [2.45, 2.75) is 46.3 Å². The smallest absolute Gasteiger partial charge is 0.168 e. The Bertz CT molecular complexity index is 1040. The van der Waals surface area contributed by atoms with Crippen molar-refractivity contribution < 1.29 is 19.7 Å². The first-order valence-electron chi connectivity index (χ1n) is 9.48. The number of benzene rings is 2. The molecule has 2 atom stereocenters. The lowest BCUT2D eigenvalue weighted by atomic mass is 9.94. The van der Waals surface area contributed by atoms with E-state index in [0.717, 1.165) is 39.5 Å². The topological polar surface area (TPSA) is 74.7 Å². The van der Waals surface area contributed by atoms with Crippen molar-refractivity contribution in [2.24, 2.45) is 0 Å². The number of aliphatic hydroxyl groups excluding tert-OH is 1. The van der Waals surface area contributed by atoms with E-state index in [1.807, 2.05) is 13.0 Å². The van der Waals surface area contributed by atoms with Crippen molar-refractivity contribution in [3.8, 4) is 11.5 Å². The third kappa shape index (κ3) is 3.36. The van der Waals surface area contributed by atoms with Gasteiger partial charge in [-0.3, -0.25) is 0 Å². The summed E-state index contributed by atoms with van der Waals surface area (Å²) < 4.78 is 11.1. The SMILES string of the molecule is COc1c(C)c(C(OC)C(C)O)c2[nH]c3ccc(CC=C(C)C)cc3c2c1O. The zero-order valence-corrected chi connectivity index (χ0v) is 17.4. The van der Waals surface area contributed by atoms with Gasteiger partial charge in [0.25, 0.3) is 0 Å². The predicted octanol–water partition coefficient (Wildman–Crippen LogP) is 4.92. The van der Waals surface area contributed by atoms with E-state index in [2.05, 4.69) is 37.0 Å². The van der Waals surface area contributed by atoms with Gasteiger partial charge in [-0.05, 0) is 51.8 Å². The number of hydrogen-bond acceptors (Lipinski definition) is 4. The van der Waals surface area contributed by atoms with Gasteiger partial charge in [-0.25, -0.2) is 0 Å². The van der Waals surface area contributed by atoms with Gasteiger partial charge in [0.05, 0.1) is 24.1 Å². The highest BCUT2D eigenvalue weighted by Crippen LogP contribution is 2.46. The summed E-state index contributed by atoms with van der Waals surface area (Å²) in [7, 11) is 3.11. The molecule has 0 aliphatic rings. The number of phenolic OH excluding ortho intramolecular Hbond substituents is 1. The standard InChI is InChI=1S/C23H29NO4/c1-12(2)7-8-15-9-10-17-16(11-15)19-20(24-17)18(23(28-6)14(4)25)13(3)22(27-5)21(19)26/h7,9-11,14,23-26H,8H2,1-6H3. The van der Waals surface area contributed by atoms with Gasteiger partial charge in [0.15, 0.2) is 11.5 Å². The maximum absolute atomic E-state index is 11.0. The maximum Gasteiger partial charge on any atom is 0.168 e. The molecule has 0 fully saturated rings. The van der Waals surface area contributed by atoms with E-state index in [-0.39, 0.29) is 5.75 Å². The van der Waals surface area contributed by atoms with Crippen LogP contribution < -0.4 is 4.74 Å². The summed E-state index contributed by atoms with van der Waals surface area (Å²) in [5, 5.41) is 22.9. The third-order valence-electron chi connectivity index (χ3n) is 5.26. The first-order valence-corrected chi connectivity index (χ1v) is 9.48. The zero-order valence-electron chi connectivity index (χ0n) is 17.4. The van der Waals surface area contributed by atoms with Gasteiger partial charge in [0.2, 0.25) is 0 Å². The van der Waals surface area contributed by atoms with Gasteiger partial charge < -0.3 is 24.7 Å². The number of aliphatic hydroxyl groups is 1. The van der Waals surface area contributed by atoms with Crippen molar-refractivity contribution in [3.05, 3.63) is 46.5 Å². The molecule has 1 aromatic heterocycles. The highest BCUT2D eigenvalue weighted by Gasteiger charge is 2.28. The molecule has 28 heavy (non-hydrogen) atoms. The highest BCUT2D eigenvalue weighted by atomic mass is 16.5. The first kappa shape index (κ1) is 20.2. The summed E-state index contributed by atoms with van der Waals surface area (Å²) in [6.45, 7) is 7.72. The van der Waals surface area contributed by atoms with Crippen LogP contribution in [0.25, 0.3) is 21.8 Å². The molecule has 0 radical (unpaired) electrons. The summed E-state index contributed by atoms with van der Waals surface area (Å²) in [5.74, 6) is 0.505. The van der Waals surface area contributed by atoms with Crippen molar-refractivity contribution in [1.82, 2.24) is 4.98 Å². The minimum Gasteiger partial charge on any atom is -0.504 e. The fourth-order valence-electron chi connectivity index (χ4n) is 3.90. The number of nitrogens with one attached hydrogen (secondary N) is 1. The van der Waals surface area contributed by atoms with Crippen LogP contribution >= 0.6 is 0 Å². The Morgan fingerprint density at radius 3 is 2.54 bits per heavy atom. The van der Waals surface area contributed by atoms with E-state index < -0.39 is 12.2 Å². The Balaban J connectivity index is 2.38. The summed E-state index contributed by atoms with van der Waals surface area (Å²) in [6.07, 6.45) is 1.74. The molecule has 3 N–H and O–H groups in total. The van der Waals surface area contributed by atoms with Crippen LogP contribution in [-0.2, 0) is 11.2 Å². The van der Waals surface area contributed by atoms with Crippen molar-refractivity contribution in [2.75, 3.05) is 14.2 Å². The Morgan fingerprint density at radius 2 is 1.96 bits per heavy atom. The molecule has 2 unspecified atom stereocenters. The van der Waals surface area contributed by atoms with E-state index in [9.17, 15) is 10.2 Å². The zero-order chi connectivity index (χ0) is 20.6. The molecular weight excluding hydrogens is 354 g/mol. The molecule has 0 aliphatic carbocycles. The van der Waals surface area contributed by atoms with Crippen molar-refractivity contribution >= 4 is 21.8 Å². The van der Waals surface area contributed by atoms with Gasteiger partial charge in [-0.15, -0.1) is 0 Å². The van der Waals surface area contributed by atoms with Crippen LogP contribution in [0.1, 0.15) is 43.6 Å². The first-order chi connectivity index (χ1) is 13.3. The minimum absolute atomic E-state index is 0.102. The van der Waals surface area contributed by atoms with Gasteiger partial charge in [0.1, 0.15) is 6.10 Å². The van der Waals surface area contributed by atoms with Crippen LogP contribution in [-0.4, -0.2) is 35.5 Å². The van der Waals surface area contributed by atoms with Crippen LogP contribution in [0.5, 0.6) is 11.5 Å². The predicted molar refractivity (Wildman–Crippen MR) is 113 cm³/mol. The van der Waals surface area contributed by atoms with Crippen LogP contribution in [0.3, 0.4) is 0 Å². The van der Waals surface area contributed by atoms with Crippen LogP contribution in [0.4, 0.5) is 0 Å². The van der Waals surface area contributed by atoms with E-state index in [0.29, 0.717) is 11.1 Å². The molecule has 0 saturated carbocycles. The van der Waals surface area contributed by atoms with Gasteiger partial charge in [0, 0.05) is 29.1 Å². The number of phenols is 1. The summed E-state index contributed by atoms with van der Waals surface area (Å²) in [6, 6.07) is 6.20. The minimum atomic E-state index is -0.721. The molecule has 3 rings (SSSR count). The number of rotatable bonds is 6. The number of ether oxygens (including phenoxy) is 2. The fourth-order valence-corrected chi connectivity index (χ4v) is 3.90. The average Bonchev–Trinajstić information content (AvgIpc) is 3.02. The maximum atomic E-state index is 11.0. The molecule has 5 nitrogen and oxygen atoms in total. The van der Waals surface area contributed by atoms with E-state index in [1.165, 1.54) is 12.7 Å². The van der Waals surface area contributed by atoms with Gasteiger partial charge in [-0.2, -0.15) is 0 Å². The van der Waals surface area contributed by atoms with E-state index >= 15 is 0 Å². The molecule has 0 saturated heterocycles. The lowest BCUT2D eigenvalue weighted by molar-refractivity contribution is -0.00318.